The molecule has 2 aromatic carbocycles. The fourth-order valence-electron chi connectivity index (χ4n) is 4.07. The van der Waals surface area contributed by atoms with Crippen molar-refractivity contribution in [2.24, 2.45) is 0 Å². The Morgan fingerprint density at radius 3 is 2.03 bits per heavy atom. The van der Waals surface area contributed by atoms with E-state index in [2.05, 4.69) is 84.0 Å². The molecule has 0 atom stereocenters. The third-order valence-electron chi connectivity index (χ3n) is 5.77. The molecule has 0 amide bonds. The van der Waals surface area contributed by atoms with Crippen LogP contribution in [-0.2, 0) is 0 Å². The van der Waals surface area contributed by atoms with Crippen LogP contribution >= 0.6 is 0 Å². The lowest BCUT2D eigenvalue weighted by Crippen LogP contribution is -2.31. The number of hydrogen-bond donors (Lipinski definition) is 0. The molecule has 0 unspecified atom stereocenters. The third-order valence-corrected chi connectivity index (χ3v) is 5.77. The molecule has 146 valence electrons. The Morgan fingerprint density at radius 1 is 0.690 bits per heavy atom. The molecule has 29 heavy (non-hydrogen) atoms. The van der Waals surface area contributed by atoms with Crippen LogP contribution in [0.15, 0.2) is 60.7 Å². The Bertz CT molecular complexity index is 1130. The number of aryl methyl sites for hydroxylation is 2. The van der Waals surface area contributed by atoms with E-state index in [1.165, 1.54) is 30.4 Å². The van der Waals surface area contributed by atoms with Gasteiger partial charge in [0.05, 0.1) is 11.4 Å². The molecule has 0 radical (unpaired) electrons. The molecule has 0 spiro atoms. The van der Waals surface area contributed by atoms with E-state index in [0.717, 1.165) is 47.1 Å². The van der Waals surface area contributed by atoms with Crippen LogP contribution in [0.5, 0.6) is 0 Å². The predicted octanol–water partition coefficient (Wildman–Crippen LogP) is 5.69. The van der Waals surface area contributed by atoms with Crippen molar-refractivity contribution in [3.05, 3.63) is 71.8 Å². The molecule has 0 bridgehead atoms. The van der Waals surface area contributed by atoms with Gasteiger partial charge in [-0.15, -0.1) is 0 Å². The summed E-state index contributed by atoms with van der Waals surface area (Å²) in [5, 5.41) is 0. The van der Waals surface area contributed by atoms with Crippen molar-refractivity contribution in [2.75, 3.05) is 18.0 Å². The number of fused-ring (bicyclic) bond motifs is 1. The summed E-state index contributed by atoms with van der Waals surface area (Å²) >= 11 is 0. The summed E-state index contributed by atoms with van der Waals surface area (Å²) in [6.45, 7) is 6.34. The predicted molar refractivity (Wildman–Crippen MR) is 120 cm³/mol. The Balaban J connectivity index is 1.70. The molecule has 5 rings (SSSR count). The minimum atomic E-state index is 0.924. The number of piperidine rings is 1. The highest BCUT2D eigenvalue weighted by molar-refractivity contribution is 5.81. The van der Waals surface area contributed by atoms with Crippen LogP contribution in [0.1, 0.15) is 30.4 Å². The first-order valence-corrected chi connectivity index (χ1v) is 10.5. The van der Waals surface area contributed by atoms with Gasteiger partial charge in [0.1, 0.15) is 5.52 Å². The van der Waals surface area contributed by atoms with Crippen LogP contribution in [0.2, 0.25) is 0 Å². The fourth-order valence-corrected chi connectivity index (χ4v) is 4.07. The lowest BCUT2D eigenvalue weighted by molar-refractivity contribution is 0.566. The summed E-state index contributed by atoms with van der Waals surface area (Å²) in [6.07, 6.45) is 3.75. The van der Waals surface area contributed by atoms with E-state index in [9.17, 15) is 0 Å². The molecular formula is C25H26N4. The Kier molecular flexibility index (Phi) is 4.55. The van der Waals surface area contributed by atoms with Gasteiger partial charge in [-0.2, -0.15) is 0 Å². The maximum Gasteiger partial charge on any atom is 0.212 e. The van der Waals surface area contributed by atoms with Crippen LogP contribution in [0.4, 0.5) is 5.95 Å². The van der Waals surface area contributed by atoms with Crippen LogP contribution in [0.3, 0.4) is 0 Å². The number of nitrogens with zero attached hydrogens (tertiary/aromatic N) is 4. The van der Waals surface area contributed by atoms with E-state index < -0.39 is 0 Å². The van der Waals surface area contributed by atoms with Crippen LogP contribution in [0.25, 0.3) is 28.1 Å². The zero-order valence-corrected chi connectivity index (χ0v) is 17.1. The highest BCUT2D eigenvalue weighted by atomic mass is 15.3. The summed E-state index contributed by atoms with van der Waals surface area (Å²) in [6, 6.07) is 21.4. The van der Waals surface area contributed by atoms with Gasteiger partial charge < -0.3 is 4.90 Å². The Morgan fingerprint density at radius 2 is 1.34 bits per heavy atom. The fraction of sp³-hybridized carbons (Fsp3) is 0.280. The first kappa shape index (κ1) is 17.9. The van der Waals surface area contributed by atoms with Crippen molar-refractivity contribution in [1.29, 1.82) is 0 Å². The monoisotopic (exact) mass is 382 g/mol. The van der Waals surface area contributed by atoms with Crippen LogP contribution < -0.4 is 4.90 Å². The number of imidazole rings is 1. The summed E-state index contributed by atoms with van der Waals surface area (Å²) in [5.74, 6) is 1.01. The van der Waals surface area contributed by atoms with E-state index >= 15 is 0 Å². The van der Waals surface area contributed by atoms with Crippen molar-refractivity contribution < 1.29 is 0 Å². The van der Waals surface area contributed by atoms with E-state index in [0.29, 0.717) is 0 Å². The zero-order chi connectivity index (χ0) is 19.8. The normalized spacial score (nSPS) is 14.5. The largest absolute Gasteiger partial charge is 0.342 e. The molecule has 0 saturated carbocycles. The summed E-state index contributed by atoms with van der Waals surface area (Å²) < 4.78 is 2.23. The third kappa shape index (κ3) is 3.39. The highest BCUT2D eigenvalue weighted by Gasteiger charge is 2.21. The smallest absolute Gasteiger partial charge is 0.212 e. The van der Waals surface area contributed by atoms with Gasteiger partial charge in [-0.1, -0.05) is 47.5 Å². The molecule has 4 aromatic rings. The first-order valence-electron chi connectivity index (χ1n) is 10.5. The Hall–Kier alpha value is -3.14. The van der Waals surface area contributed by atoms with Gasteiger partial charge in [-0.3, -0.25) is 4.57 Å². The number of pyridine rings is 1. The maximum absolute atomic E-state index is 5.06. The van der Waals surface area contributed by atoms with Gasteiger partial charge in [0.15, 0.2) is 5.65 Å². The van der Waals surface area contributed by atoms with E-state index in [1.54, 1.807) is 0 Å². The molecule has 2 aromatic heterocycles. The second-order valence-corrected chi connectivity index (χ2v) is 8.04. The van der Waals surface area contributed by atoms with Gasteiger partial charge in [-0.05, 0) is 57.4 Å². The number of rotatable bonds is 3. The lowest BCUT2D eigenvalue weighted by atomic mass is 10.1. The molecule has 1 aliphatic heterocycles. The van der Waals surface area contributed by atoms with E-state index in [1.807, 2.05) is 0 Å². The average Bonchev–Trinajstić information content (AvgIpc) is 3.14. The molecular weight excluding hydrogens is 356 g/mol. The lowest BCUT2D eigenvalue weighted by Gasteiger charge is -2.28. The molecule has 0 aliphatic carbocycles. The molecule has 4 nitrogen and oxygen atoms in total. The summed E-state index contributed by atoms with van der Waals surface area (Å²) in [7, 11) is 0. The minimum Gasteiger partial charge on any atom is -0.342 e. The topological polar surface area (TPSA) is 34.0 Å². The number of benzene rings is 2. The molecule has 4 heteroatoms. The van der Waals surface area contributed by atoms with Gasteiger partial charge in [0.2, 0.25) is 5.95 Å². The summed E-state index contributed by atoms with van der Waals surface area (Å²) in [5.41, 5.74) is 7.62. The molecule has 1 fully saturated rings. The van der Waals surface area contributed by atoms with Gasteiger partial charge in [0, 0.05) is 18.7 Å². The molecule has 1 aliphatic rings. The highest BCUT2D eigenvalue weighted by Crippen LogP contribution is 2.30. The van der Waals surface area contributed by atoms with Crippen molar-refractivity contribution >= 4 is 17.1 Å². The first-order chi connectivity index (χ1) is 14.2. The second kappa shape index (κ2) is 7.36. The van der Waals surface area contributed by atoms with Gasteiger partial charge in [-0.25, -0.2) is 9.97 Å². The maximum atomic E-state index is 5.06. The minimum absolute atomic E-state index is 0.924. The average molecular weight is 383 g/mol. The SMILES string of the molecule is Cc1ccc(-c2ccc3nc(N4CCCCC4)n(-c4ccc(C)cc4)c3n2)cc1. The van der Waals surface area contributed by atoms with Crippen LogP contribution in [0, 0.1) is 13.8 Å². The van der Waals surface area contributed by atoms with Crippen molar-refractivity contribution in [1.82, 2.24) is 14.5 Å². The van der Waals surface area contributed by atoms with E-state index in [4.69, 9.17) is 9.97 Å². The van der Waals surface area contributed by atoms with Crippen molar-refractivity contribution in [3.8, 4) is 16.9 Å². The number of aromatic nitrogens is 3. The quantitative estimate of drug-likeness (QED) is 0.456. The standard InChI is InChI=1S/C25H26N4/c1-18-6-10-20(11-7-18)22-14-15-23-24(26-22)29(21-12-8-19(2)9-13-21)25(27-23)28-16-4-3-5-17-28/h6-15H,3-5,16-17H2,1-2H3. The van der Waals surface area contributed by atoms with Crippen LogP contribution in [-0.4, -0.2) is 27.6 Å². The molecule has 3 heterocycles. The van der Waals surface area contributed by atoms with Crippen molar-refractivity contribution in [3.63, 3.8) is 0 Å². The second-order valence-electron chi connectivity index (χ2n) is 8.04. The molecule has 0 N–H and O–H groups in total. The van der Waals surface area contributed by atoms with E-state index in [-0.39, 0.29) is 0 Å². The number of hydrogen-bond acceptors (Lipinski definition) is 3. The van der Waals surface area contributed by atoms with Gasteiger partial charge >= 0.3 is 0 Å². The Labute approximate surface area is 171 Å². The zero-order valence-electron chi connectivity index (χ0n) is 17.1. The van der Waals surface area contributed by atoms with Gasteiger partial charge in [0.25, 0.3) is 0 Å². The molecule has 1 saturated heterocycles. The number of anilines is 1. The summed E-state index contributed by atoms with van der Waals surface area (Å²) in [4.78, 5) is 12.5. The van der Waals surface area contributed by atoms with Crippen molar-refractivity contribution in [2.45, 2.75) is 33.1 Å².